The molecule has 0 heterocycles. The van der Waals surface area contributed by atoms with E-state index in [1.807, 2.05) is 37.3 Å². The van der Waals surface area contributed by atoms with Crippen LogP contribution in [0.3, 0.4) is 0 Å². The van der Waals surface area contributed by atoms with E-state index >= 15 is 0 Å². The molecule has 1 unspecified atom stereocenters. The predicted molar refractivity (Wildman–Crippen MR) is 62.6 cm³/mol. The van der Waals surface area contributed by atoms with Crippen LogP contribution in [0.4, 0.5) is 0 Å². The van der Waals surface area contributed by atoms with E-state index in [0.29, 0.717) is 12.3 Å². The van der Waals surface area contributed by atoms with Crippen molar-refractivity contribution in [1.82, 2.24) is 5.32 Å². The summed E-state index contributed by atoms with van der Waals surface area (Å²) in [6, 6.07) is 10.0. The minimum absolute atomic E-state index is 0.0994. The van der Waals surface area contributed by atoms with Crippen LogP contribution in [0.5, 0.6) is 0 Å². The molecular weight excluding hydrogens is 186 g/mol. The van der Waals surface area contributed by atoms with Crippen molar-refractivity contribution in [2.45, 2.75) is 33.2 Å². The summed E-state index contributed by atoms with van der Waals surface area (Å²) in [4.78, 5) is 11.6. The Labute approximate surface area is 91.7 Å². The van der Waals surface area contributed by atoms with E-state index in [4.69, 9.17) is 0 Å². The Balaban J connectivity index is 2.43. The SMILES string of the molecule is CC(C)C(C)NC(=O)Cc1ccccc1. The lowest BCUT2D eigenvalue weighted by Crippen LogP contribution is -2.36. The molecule has 0 aromatic heterocycles. The molecule has 1 atom stereocenters. The molecule has 0 bridgehead atoms. The van der Waals surface area contributed by atoms with Crippen molar-refractivity contribution in [3.05, 3.63) is 35.9 Å². The number of carbonyl (C=O) groups is 1. The van der Waals surface area contributed by atoms with Crippen LogP contribution in [0.25, 0.3) is 0 Å². The molecule has 0 aliphatic carbocycles. The molecule has 1 aromatic rings. The van der Waals surface area contributed by atoms with Gasteiger partial charge in [-0.3, -0.25) is 4.79 Å². The van der Waals surface area contributed by atoms with E-state index < -0.39 is 0 Å². The number of hydrogen-bond donors (Lipinski definition) is 1. The van der Waals surface area contributed by atoms with Crippen molar-refractivity contribution in [1.29, 1.82) is 0 Å². The average Bonchev–Trinajstić information content (AvgIpc) is 2.18. The van der Waals surface area contributed by atoms with Crippen LogP contribution in [0.1, 0.15) is 26.3 Å². The van der Waals surface area contributed by atoms with E-state index in [1.54, 1.807) is 0 Å². The summed E-state index contributed by atoms with van der Waals surface area (Å²) in [5.74, 6) is 0.576. The standard InChI is InChI=1S/C13H19NO/c1-10(2)11(3)14-13(15)9-12-7-5-4-6-8-12/h4-8,10-11H,9H2,1-3H3,(H,14,15). The van der Waals surface area contributed by atoms with Crippen LogP contribution in [0.2, 0.25) is 0 Å². The highest BCUT2D eigenvalue weighted by Crippen LogP contribution is 2.02. The average molecular weight is 205 g/mol. The van der Waals surface area contributed by atoms with Crippen LogP contribution in [0, 0.1) is 5.92 Å². The maximum absolute atomic E-state index is 11.6. The Bertz CT molecular complexity index is 306. The number of carbonyl (C=O) groups excluding carboxylic acids is 1. The Kier molecular flexibility index (Phi) is 4.35. The Morgan fingerprint density at radius 2 is 1.80 bits per heavy atom. The van der Waals surface area contributed by atoms with Gasteiger partial charge in [-0.2, -0.15) is 0 Å². The van der Waals surface area contributed by atoms with Crippen molar-refractivity contribution in [3.8, 4) is 0 Å². The van der Waals surface area contributed by atoms with Gasteiger partial charge in [0, 0.05) is 6.04 Å². The zero-order valence-electron chi connectivity index (χ0n) is 9.66. The van der Waals surface area contributed by atoms with Crippen molar-refractivity contribution in [3.63, 3.8) is 0 Å². The Morgan fingerprint density at radius 1 is 1.20 bits per heavy atom. The minimum atomic E-state index is 0.0994. The summed E-state index contributed by atoms with van der Waals surface area (Å²) in [5, 5.41) is 2.99. The van der Waals surface area contributed by atoms with Gasteiger partial charge in [-0.1, -0.05) is 44.2 Å². The Morgan fingerprint density at radius 3 is 2.33 bits per heavy atom. The van der Waals surface area contributed by atoms with Crippen molar-refractivity contribution in [2.24, 2.45) is 5.92 Å². The van der Waals surface area contributed by atoms with E-state index in [-0.39, 0.29) is 11.9 Å². The first kappa shape index (κ1) is 11.8. The molecule has 2 nitrogen and oxygen atoms in total. The normalized spacial score (nSPS) is 12.5. The highest BCUT2D eigenvalue weighted by atomic mass is 16.1. The number of benzene rings is 1. The molecule has 0 fully saturated rings. The topological polar surface area (TPSA) is 29.1 Å². The van der Waals surface area contributed by atoms with Crippen molar-refractivity contribution < 1.29 is 4.79 Å². The molecule has 2 heteroatoms. The van der Waals surface area contributed by atoms with Gasteiger partial charge in [-0.15, -0.1) is 0 Å². The number of hydrogen-bond acceptors (Lipinski definition) is 1. The third-order valence-corrected chi connectivity index (χ3v) is 2.60. The van der Waals surface area contributed by atoms with Gasteiger partial charge in [0.05, 0.1) is 6.42 Å². The van der Waals surface area contributed by atoms with Gasteiger partial charge in [-0.25, -0.2) is 0 Å². The first-order chi connectivity index (χ1) is 7.09. The monoisotopic (exact) mass is 205 g/mol. The van der Waals surface area contributed by atoms with E-state index in [2.05, 4.69) is 19.2 Å². The lowest BCUT2D eigenvalue weighted by molar-refractivity contribution is -0.121. The highest BCUT2D eigenvalue weighted by molar-refractivity contribution is 5.78. The summed E-state index contributed by atoms with van der Waals surface area (Å²) < 4.78 is 0. The number of rotatable bonds is 4. The molecule has 0 saturated carbocycles. The summed E-state index contributed by atoms with van der Waals surface area (Å²) in [7, 11) is 0. The van der Waals surface area contributed by atoms with E-state index in [9.17, 15) is 4.79 Å². The van der Waals surface area contributed by atoms with Gasteiger partial charge in [-0.05, 0) is 18.4 Å². The molecule has 0 aliphatic rings. The fourth-order valence-corrected chi connectivity index (χ4v) is 1.25. The highest BCUT2D eigenvalue weighted by Gasteiger charge is 2.10. The molecule has 0 spiro atoms. The second-order valence-electron chi connectivity index (χ2n) is 4.26. The van der Waals surface area contributed by atoms with Gasteiger partial charge >= 0.3 is 0 Å². The summed E-state index contributed by atoms with van der Waals surface area (Å²) in [5.41, 5.74) is 1.06. The van der Waals surface area contributed by atoms with Gasteiger partial charge in [0.1, 0.15) is 0 Å². The molecule has 0 saturated heterocycles. The van der Waals surface area contributed by atoms with Crippen molar-refractivity contribution in [2.75, 3.05) is 0 Å². The van der Waals surface area contributed by atoms with Crippen molar-refractivity contribution >= 4 is 5.91 Å². The lowest BCUT2D eigenvalue weighted by atomic mass is 10.1. The second kappa shape index (κ2) is 5.54. The maximum atomic E-state index is 11.6. The summed E-state index contributed by atoms with van der Waals surface area (Å²) >= 11 is 0. The molecule has 1 amide bonds. The lowest BCUT2D eigenvalue weighted by Gasteiger charge is -2.17. The zero-order chi connectivity index (χ0) is 11.3. The Hall–Kier alpha value is -1.31. The largest absolute Gasteiger partial charge is 0.353 e. The first-order valence-electron chi connectivity index (χ1n) is 5.43. The number of nitrogens with one attached hydrogen (secondary N) is 1. The molecule has 1 N–H and O–H groups in total. The van der Waals surface area contributed by atoms with Gasteiger partial charge < -0.3 is 5.32 Å². The molecule has 0 aliphatic heterocycles. The molecule has 0 radical (unpaired) electrons. The third kappa shape index (κ3) is 4.15. The minimum Gasteiger partial charge on any atom is -0.353 e. The zero-order valence-corrected chi connectivity index (χ0v) is 9.66. The predicted octanol–water partition coefficient (Wildman–Crippen LogP) is 2.39. The van der Waals surface area contributed by atoms with Crippen LogP contribution in [-0.2, 0) is 11.2 Å². The third-order valence-electron chi connectivity index (χ3n) is 2.60. The number of amides is 1. The van der Waals surface area contributed by atoms with E-state index in [0.717, 1.165) is 5.56 Å². The van der Waals surface area contributed by atoms with Crippen LogP contribution in [0.15, 0.2) is 30.3 Å². The quantitative estimate of drug-likeness (QED) is 0.803. The first-order valence-corrected chi connectivity index (χ1v) is 5.43. The van der Waals surface area contributed by atoms with Crippen LogP contribution in [-0.4, -0.2) is 11.9 Å². The maximum Gasteiger partial charge on any atom is 0.224 e. The van der Waals surface area contributed by atoms with Gasteiger partial charge in [0.15, 0.2) is 0 Å². The fourth-order valence-electron chi connectivity index (χ4n) is 1.25. The van der Waals surface area contributed by atoms with Gasteiger partial charge in [0.25, 0.3) is 0 Å². The summed E-state index contributed by atoms with van der Waals surface area (Å²) in [6.07, 6.45) is 0.470. The van der Waals surface area contributed by atoms with Crippen LogP contribution >= 0.6 is 0 Å². The van der Waals surface area contributed by atoms with Gasteiger partial charge in [0.2, 0.25) is 5.91 Å². The molecule has 1 rings (SSSR count). The molecule has 1 aromatic carbocycles. The summed E-state index contributed by atoms with van der Waals surface area (Å²) in [6.45, 7) is 6.24. The molecular formula is C13H19NO. The van der Waals surface area contributed by atoms with E-state index in [1.165, 1.54) is 0 Å². The second-order valence-corrected chi connectivity index (χ2v) is 4.26. The fraction of sp³-hybridized carbons (Fsp3) is 0.462. The smallest absolute Gasteiger partial charge is 0.224 e. The molecule has 82 valence electrons. The molecule has 15 heavy (non-hydrogen) atoms. The van der Waals surface area contributed by atoms with Crippen LogP contribution < -0.4 is 5.32 Å².